The number of aromatic nitrogens is 2. The van der Waals surface area contributed by atoms with E-state index in [0.717, 1.165) is 104 Å². The minimum absolute atomic E-state index is 0.0372. The fourth-order valence-electron chi connectivity index (χ4n) is 11.4. The van der Waals surface area contributed by atoms with E-state index in [1.165, 1.54) is 15.8 Å². The van der Waals surface area contributed by atoms with E-state index in [1.54, 1.807) is 24.1 Å². The number of allylic oxidation sites excluding steroid dienone is 2. The zero-order chi connectivity index (χ0) is 50.4. The third kappa shape index (κ3) is 9.73. The smallest absolute Gasteiger partial charge is 0.219 e. The molecule has 8 rings (SSSR count). The maximum atomic E-state index is 12.8. The molecule has 2 saturated heterocycles. The highest BCUT2D eigenvalue weighted by atomic mass is 16.1. The minimum atomic E-state index is -0.720. The molecule has 3 unspecified atom stereocenters. The number of nitrogens with zero attached hydrogens (tertiary/aromatic N) is 4. The number of amides is 1. The lowest BCUT2D eigenvalue weighted by molar-refractivity contribution is -0.121. The van der Waals surface area contributed by atoms with Crippen molar-refractivity contribution in [3.63, 3.8) is 0 Å². The van der Waals surface area contributed by atoms with Crippen molar-refractivity contribution in [2.24, 2.45) is 0 Å². The first kappa shape index (κ1) is 50.0. The van der Waals surface area contributed by atoms with Gasteiger partial charge in [-0.05, 0) is 106 Å². The van der Waals surface area contributed by atoms with E-state index in [2.05, 4.69) is 89.5 Å². The number of nitriles is 1. The molecule has 3 atom stereocenters. The number of carbonyl (C=O) groups is 1. The lowest BCUT2D eigenvalue weighted by Gasteiger charge is -2.46. The van der Waals surface area contributed by atoms with Crippen LogP contribution < -0.4 is 31.5 Å². The molecule has 5 aromatic rings. The van der Waals surface area contributed by atoms with Crippen molar-refractivity contribution < 1.29 is 28.8 Å². The number of hydrogen-bond donors (Lipinski definition) is 4. The summed E-state index contributed by atoms with van der Waals surface area (Å²) in [6.45, 7) is 15.2. The molecular weight excluding hydrogens is 893 g/mol. The highest BCUT2D eigenvalue weighted by Gasteiger charge is 2.40. The number of unbranched alkanes of at least 4 members (excludes halogenated alkanes) is 5. The number of anilines is 2. The monoisotopic (exact) mass is 954 g/mol. The number of piperidine rings is 1. The van der Waals surface area contributed by atoms with Crippen molar-refractivity contribution >= 4 is 74.2 Å². The molecule has 3 aliphatic rings. The van der Waals surface area contributed by atoms with Gasteiger partial charge in [-0.25, -0.2) is 24.0 Å². The largest absolute Gasteiger partial charge is 0.384 e. The molecular formula is C57H62N8O6. The zero-order valence-corrected chi connectivity index (χ0v) is 41.4. The molecule has 366 valence electrons. The summed E-state index contributed by atoms with van der Waals surface area (Å²) in [6.07, 6.45) is 8.36. The Morgan fingerprint density at radius 2 is 1.58 bits per heavy atom. The summed E-state index contributed by atoms with van der Waals surface area (Å²) in [5, 5.41) is 21.0. The van der Waals surface area contributed by atoms with Crippen LogP contribution in [-0.4, -0.2) is 94.9 Å². The van der Waals surface area contributed by atoms with Crippen LogP contribution in [0.5, 0.6) is 0 Å². The number of carbonyl (C=O) groups excluding carboxylic acids is 6. The van der Waals surface area contributed by atoms with Gasteiger partial charge in [-0.1, -0.05) is 58.2 Å². The molecule has 4 heterocycles. The quantitative estimate of drug-likeness (QED) is 0.0626. The van der Waals surface area contributed by atoms with E-state index >= 15 is 0 Å². The zero-order valence-electron chi connectivity index (χ0n) is 41.4. The fourth-order valence-corrected chi connectivity index (χ4v) is 11.4. The number of rotatable bonds is 17. The molecule has 4 N–H and O–H groups in total. The second-order valence-electron chi connectivity index (χ2n) is 19.8. The molecule has 1 aliphatic carbocycles. The lowest BCUT2D eigenvalue weighted by atomic mass is 9.69. The third-order valence-electron chi connectivity index (χ3n) is 15.0. The summed E-state index contributed by atoms with van der Waals surface area (Å²) in [5.74, 6) is 9.93. The lowest BCUT2D eigenvalue weighted by Crippen LogP contribution is -2.57. The van der Waals surface area contributed by atoms with Gasteiger partial charge >= 0.3 is 0 Å². The molecule has 0 radical (unpaired) electrons. The predicted molar refractivity (Wildman–Crippen MR) is 276 cm³/mol. The molecule has 14 heteroatoms. The van der Waals surface area contributed by atoms with Crippen LogP contribution in [0.3, 0.4) is 0 Å². The van der Waals surface area contributed by atoms with Crippen LogP contribution in [0.25, 0.3) is 27.2 Å². The van der Waals surface area contributed by atoms with Gasteiger partial charge in [0.2, 0.25) is 5.91 Å². The van der Waals surface area contributed by atoms with Gasteiger partial charge in [-0.3, -0.25) is 9.69 Å². The highest BCUT2D eigenvalue weighted by Crippen LogP contribution is 2.50. The van der Waals surface area contributed by atoms with Gasteiger partial charge < -0.3 is 30.4 Å². The van der Waals surface area contributed by atoms with Crippen molar-refractivity contribution in [3.8, 4) is 6.07 Å². The molecule has 71 heavy (non-hydrogen) atoms. The van der Waals surface area contributed by atoms with E-state index in [-0.39, 0.29) is 34.4 Å². The first-order chi connectivity index (χ1) is 34.4. The molecule has 0 spiro atoms. The Hall–Kier alpha value is -7.43. The summed E-state index contributed by atoms with van der Waals surface area (Å²) < 4.78 is 1.46. The highest BCUT2D eigenvalue weighted by molar-refractivity contribution is 6.10. The number of aromatic amines is 1. The molecule has 14 nitrogen and oxygen atoms in total. The van der Waals surface area contributed by atoms with Crippen LogP contribution in [0.1, 0.15) is 138 Å². The Labute approximate surface area is 413 Å². The maximum Gasteiger partial charge on any atom is 0.219 e. The second-order valence-corrected chi connectivity index (χ2v) is 19.8. The predicted octanol–water partition coefficient (Wildman–Crippen LogP) is 6.07. The minimum Gasteiger partial charge on any atom is -0.384 e. The van der Waals surface area contributed by atoms with Gasteiger partial charge in [0.25, 0.3) is 0 Å². The Morgan fingerprint density at radius 1 is 0.831 bits per heavy atom. The number of benzene rings is 3. The standard InChI is InChI=1S/C57H62N8O6/c1-6-39-26-43-44(32-67)54-41-20-18-38(28-58)25-47(41)62-56(54)57(4,5)45(43)27-50(39)63-29-36(2)64(37(3)30-63)24-13-9-10-17-53(71)60-23-12-8-7-11-22-59-46-16-14-15-42-51(34-69)65(52(35-70)55(42)46)49-21-19-40(31-66)61-48(49)33-68/h14-16,18,20,25-27,36-37,49,59,61-62H,6-13,17,19,21-24,29-30H2,1-5H3,(H,60,71). The van der Waals surface area contributed by atoms with E-state index in [9.17, 15) is 34.0 Å². The SMILES string of the molecule is CCc1cc2c(cc1N1CC(C)N(CCCCCC(=O)NCCCCCCNc3cccc4c(=C=O)n(C5CCC(=C=O)NC5=C=O)c(=C=O)c34)C(C)C1)C(C)(C)c1[nH]c3cc(C#N)ccc3c1C2=C=O. The number of hydrogen-bond acceptors (Lipinski definition) is 11. The molecule has 2 fully saturated rings. The molecule has 1 amide bonds. The first-order valence-electron chi connectivity index (χ1n) is 25.1. The summed E-state index contributed by atoms with van der Waals surface area (Å²) in [7, 11) is 0. The van der Waals surface area contributed by atoms with Gasteiger partial charge in [0.05, 0.1) is 23.2 Å². The van der Waals surface area contributed by atoms with E-state index in [1.807, 2.05) is 36.0 Å². The van der Waals surface area contributed by atoms with E-state index in [4.69, 9.17) is 0 Å². The summed E-state index contributed by atoms with van der Waals surface area (Å²) in [6, 6.07) is 17.7. The molecule has 0 saturated carbocycles. The van der Waals surface area contributed by atoms with Gasteiger partial charge in [0.15, 0.2) is 11.9 Å². The molecule has 0 bridgehead atoms. The Balaban J connectivity index is 0.763. The maximum absolute atomic E-state index is 12.8. The van der Waals surface area contributed by atoms with Crippen molar-refractivity contribution in [1.82, 2.24) is 25.1 Å². The third-order valence-corrected chi connectivity index (χ3v) is 15.0. The number of fused-ring (bicyclic) bond motifs is 5. The van der Waals surface area contributed by atoms with Crippen LogP contribution in [0, 0.1) is 11.3 Å². The average molecular weight is 955 g/mol. The van der Waals surface area contributed by atoms with Gasteiger partial charge in [0.1, 0.15) is 39.9 Å². The van der Waals surface area contributed by atoms with Gasteiger partial charge in [-0.2, -0.15) is 5.26 Å². The Morgan fingerprint density at radius 3 is 2.27 bits per heavy atom. The molecule has 2 aromatic heterocycles. The summed E-state index contributed by atoms with van der Waals surface area (Å²) in [5.41, 5.74) is 8.80. The van der Waals surface area contributed by atoms with Crippen molar-refractivity contribution in [2.75, 3.05) is 42.9 Å². The van der Waals surface area contributed by atoms with E-state index < -0.39 is 11.5 Å². The molecule has 3 aromatic carbocycles. The van der Waals surface area contributed by atoms with Crippen LogP contribution in [-0.2, 0) is 40.6 Å². The first-order valence-corrected chi connectivity index (χ1v) is 25.1. The van der Waals surface area contributed by atoms with Crippen molar-refractivity contribution in [3.05, 3.63) is 104 Å². The summed E-state index contributed by atoms with van der Waals surface area (Å²) >= 11 is 0. The van der Waals surface area contributed by atoms with Crippen molar-refractivity contribution in [2.45, 2.75) is 129 Å². The summed E-state index contributed by atoms with van der Waals surface area (Å²) in [4.78, 5) is 81.9. The van der Waals surface area contributed by atoms with Crippen molar-refractivity contribution in [1.29, 1.82) is 5.26 Å². The molecule has 2 aliphatic heterocycles. The van der Waals surface area contributed by atoms with Crippen LogP contribution in [0.15, 0.2) is 59.9 Å². The Kier molecular flexibility index (Phi) is 15.3. The normalized spacial score (nSPS) is 18.3. The van der Waals surface area contributed by atoms with Gasteiger partial charge in [-0.15, -0.1) is 0 Å². The van der Waals surface area contributed by atoms with Gasteiger partial charge in [0, 0.05) is 101 Å². The topological polar surface area (TPSA) is 189 Å². The number of H-pyrrole nitrogens is 1. The number of piperazine rings is 1. The number of aryl methyl sites for hydroxylation is 1. The van der Waals surface area contributed by atoms with Crippen LogP contribution >= 0.6 is 0 Å². The second kappa shape index (κ2) is 21.7. The average Bonchev–Trinajstić information content (AvgIpc) is 3.93. The van der Waals surface area contributed by atoms with Crippen LogP contribution in [0.2, 0.25) is 0 Å². The Bertz CT molecular complexity index is 3260. The fraction of sp³-hybridized carbons (Fsp3) is 0.439. The van der Waals surface area contributed by atoms with E-state index in [0.29, 0.717) is 65.6 Å². The van der Waals surface area contributed by atoms with Crippen LogP contribution in [0.4, 0.5) is 11.4 Å². The number of nitrogens with one attached hydrogen (secondary N) is 4.